The van der Waals surface area contributed by atoms with Crippen LogP contribution >= 0.6 is 12.4 Å². The van der Waals surface area contributed by atoms with E-state index < -0.39 is 0 Å². The molecule has 0 aliphatic heterocycles. The van der Waals surface area contributed by atoms with Crippen molar-refractivity contribution in [3.8, 4) is 0 Å². The Morgan fingerprint density at radius 3 is 2.12 bits per heavy atom. The summed E-state index contributed by atoms with van der Waals surface area (Å²) in [5.41, 5.74) is 0.0721. The molecule has 0 aromatic heterocycles. The second-order valence-electron chi connectivity index (χ2n) is 8.75. The van der Waals surface area contributed by atoms with Crippen molar-refractivity contribution in [1.82, 2.24) is 10.6 Å². The van der Waals surface area contributed by atoms with Crippen LogP contribution < -0.4 is 10.6 Å². The van der Waals surface area contributed by atoms with Crippen molar-refractivity contribution in [1.29, 1.82) is 0 Å². The van der Waals surface area contributed by atoms with Crippen molar-refractivity contribution in [2.24, 2.45) is 17.8 Å². The van der Waals surface area contributed by atoms with E-state index in [9.17, 15) is 4.79 Å². The molecule has 0 aromatic carbocycles. The van der Waals surface area contributed by atoms with Crippen LogP contribution in [0.15, 0.2) is 0 Å². The van der Waals surface area contributed by atoms with Gasteiger partial charge in [0.25, 0.3) is 0 Å². The highest BCUT2D eigenvalue weighted by molar-refractivity contribution is 5.85. The molecule has 4 bridgehead atoms. The number of rotatable bonds is 5. The van der Waals surface area contributed by atoms with Gasteiger partial charge in [-0.2, -0.15) is 0 Å². The first-order valence-electron chi connectivity index (χ1n) is 9.89. The van der Waals surface area contributed by atoms with Crippen LogP contribution in [-0.4, -0.2) is 30.8 Å². The van der Waals surface area contributed by atoms with E-state index in [0.717, 1.165) is 24.3 Å². The average Bonchev–Trinajstić information content (AvgIpc) is 2.51. The Morgan fingerprint density at radius 2 is 1.54 bits per heavy atom. The second-order valence-corrected chi connectivity index (χ2v) is 8.75. The van der Waals surface area contributed by atoms with Gasteiger partial charge in [0.1, 0.15) is 6.61 Å². The molecule has 5 heteroatoms. The molecular formula is C19H33ClN2O2. The fraction of sp³-hybridized carbons (Fsp3) is 0.947. The minimum atomic E-state index is -0.183. The van der Waals surface area contributed by atoms with Gasteiger partial charge in [-0.25, -0.2) is 4.79 Å². The maximum Gasteiger partial charge on any atom is 0.407 e. The molecule has 5 aliphatic rings. The maximum absolute atomic E-state index is 12.2. The van der Waals surface area contributed by atoms with Crippen molar-refractivity contribution in [3.63, 3.8) is 0 Å². The summed E-state index contributed by atoms with van der Waals surface area (Å²) in [6.07, 6.45) is 14.2. The minimum Gasteiger partial charge on any atom is -0.448 e. The highest BCUT2D eigenvalue weighted by Crippen LogP contribution is 2.55. The third-order valence-electron chi connectivity index (χ3n) is 6.78. The molecule has 24 heavy (non-hydrogen) atoms. The Hall–Kier alpha value is -0.480. The molecule has 0 unspecified atom stereocenters. The fourth-order valence-electron chi connectivity index (χ4n) is 6.23. The van der Waals surface area contributed by atoms with Crippen molar-refractivity contribution in [2.45, 2.75) is 82.2 Å². The number of alkyl carbamates (subject to hydrolysis) is 1. The molecule has 0 saturated heterocycles. The zero-order chi connectivity index (χ0) is 15.7. The Balaban J connectivity index is 0.00000169. The van der Waals surface area contributed by atoms with E-state index in [1.54, 1.807) is 0 Å². The number of carbonyl (C=O) groups is 1. The van der Waals surface area contributed by atoms with Crippen molar-refractivity contribution in [3.05, 3.63) is 0 Å². The Morgan fingerprint density at radius 1 is 0.958 bits per heavy atom. The largest absolute Gasteiger partial charge is 0.448 e. The standard InChI is InChI=1S/C19H32N2O2.ClH/c22-18(23-7-6-20-17-4-2-1-3-5-17)21-19-11-14-8-15(12-19)10-16(9-14)13-19;/h14-17,20H,1-13H2,(H,21,22);1H. The van der Waals surface area contributed by atoms with E-state index in [-0.39, 0.29) is 24.0 Å². The predicted molar refractivity (Wildman–Crippen MR) is 97.5 cm³/mol. The quantitative estimate of drug-likeness (QED) is 0.731. The van der Waals surface area contributed by atoms with Crippen molar-refractivity contribution >= 4 is 18.5 Å². The van der Waals surface area contributed by atoms with Crippen molar-refractivity contribution < 1.29 is 9.53 Å². The van der Waals surface area contributed by atoms with Gasteiger partial charge in [-0.3, -0.25) is 0 Å². The van der Waals surface area contributed by atoms with E-state index in [0.29, 0.717) is 12.6 Å². The van der Waals surface area contributed by atoms with Gasteiger partial charge in [0.2, 0.25) is 0 Å². The number of nitrogens with one attached hydrogen (secondary N) is 2. The molecule has 5 aliphatic carbocycles. The molecule has 2 N–H and O–H groups in total. The Bertz CT molecular complexity index is 402. The normalized spacial score (nSPS) is 37.8. The highest BCUT2D eigenvalue weighted by Gasteiger charge is 2.51. The molecule has 5 saturated carbocycles. The van der Waals surface area contributed by atoms with Crippen LogP contribution in [0.5, 0.6) is 0 Å². The maximum atomic E-state index is 12.2. The van der Waals surface area contributed by atoms with Gasteiger partial charge >= 0.3 is 6.09 Å². The number of carbonyl (C=O) groups excluding carboxylic acids is 1. The van der Waals surface area contributed by atoms with Crippen LogP contribution in [0, 0.1) is 17.8 Å². The van der Waals surface area contributed by atoms with Crippen LogP contribution in [0.1, 0.15) is 70.6 Å². The lowest BCUT2D eigenvalue weighted by atomic mass is 9.53. The summed E-state index contributed by atoms with van der Waals surface area (Å²) in [7, 11) is 0. The third kappa shape index (κ3) is 4.19. The summed E-state index contributed by atoms with van der Waals surface area (Å²) in [6, 6.07) is 0.638. The van der Waals surface area contributed by atoms with Crippen LogP contribution in [0.2, 0.25) is 0 Å². The summed E-state index contributed by atoms with van der Waals surface area (Å²) >= 11 is 0. The van der Waals surface area contributed by atoms with Crippen molar-refractivity contribution in [2.75, 3.05) is 13.2 Å². The first kappa shape index (κ1) is 18.3. The first-order valence-corrected chi connectivity index (χ1v) is 9.89. The highest BCUT2D eigenvalue weighted by atomic mass is 35.5. The zero-order valence-corrected chi connectivity index (χ0v) is 15.5. The molecule has 138 valence electrons. The van der Waals surface area contributed by atoms with Gasteiger partial charge in [-0.05, 0) is 69.1 Å². The Kier molecular flexibility index (Phi) is 5.97. The number of halogens is 1. The molecule has 1 amide bonds. The third-order valence-corrected chi connectivity index (χ3v) is 6.78. The molecule has 0 atom stereocenters. The van der Waals surface area contributed by atoms with E-state index >= 15 is 0 Å². The van der Waals surface area contributed by atoms with Crippen LogP contribution in [0.4, 0.5) is 4.79 Å². The number of ether oxygens (including phenoxy) is 1. The molecule has 0 radical (unpaired) electrons. The van der Waals surface area contributed by atoms with Gasteiger partial charge in [-0.1, -0.05) is 19.3 Å². The lowest BCUT2D eigenvalue weighted by Crippen LogP contribution is -2.60. The topological polar surface area (TPSA) is 50.4 Å². The molecule has 0 heterocycles. The Labute approximate surface area is 152 Å². The van der Waals surface area contributed by atoms with Gasteiger partial charge < -0.3 is 15.4 Å². The molecule has 5 rings (SSSR count). The lowest BCUT2D eigenvalue weighted by molar-refractivity contribution is -0.0190. The fourth-order valence-corrected chi connectivity index (χ4v) is 6.23. The number of hydrogen-bond acceptors (Lipinski definition) is 3. The summed E-state index contributed by atoms with van der Waals surface area (Å²) < 4.78 is 5.46. The average molecular weight is 357 g/mol. The zero-order valence-electron chi connectivity index (χ0n) is 14.7. The SMILES string of the molecule is Cl.O=C(NC12CC3CC(CC(C3)C1)C2)OCCNC1CCCCC1. The summed E-state index contributed by atoms with van der Waals surface area (Å²) in [5, 5.41) is 6.81. The van der Waals surface area contributed by atoms with E-state index in [4.69, 9.17) is 4.74 Å². The van der Waals surface area contributed by atoms with E-state index in [1.807, 2.05) is 0 Å². The monoisotopic (exact) mass is 356 g/mol. The van der Waals surface area contributed by atoms with Gasteiger partial charge in [0, 0.05) is 18.1 Å². The van der Waals surface area contributed by atoms with Gasteiger partial charge in [-0.15, -0.1) is 12.4 Å². The van der Waals surface area contributed by atoms with E-state index in [2.05, 4.69) is 10.6 Å². The molecule has 0 aromatic rings. The van der Waals surface area contributed by atoms with Crippen LogP contribution in [0.25, 0.3) is 0 Å². The lowest BCUT2D eigenvalue weighted by Gasteiger charge is -2.56. The summed E-state index contributed by atoms with van der Waals surface area (Å²) in [5.74, 6) is 2.57. The molecule has 0 spiro atoms. The number of amides is 1. The first-order chi connectivity index (χ1) is 11.2. The van der Waals surface area contributed by atoms with Crippen LogP contribution in [0.3, 0.4) is 0 Å². The number of hydrogen-bond donors (Lipinski definition) is 2. The summed E-state index contributed by atoms with van der Waals surface area (Å²) in [6.45, 7) is 1.29. The summed E-state index contributed by atoms with van der Waals surface area (Å²) in [4.78, 5) is 12.2. The predicted octanol–water partition coefficient (Wildman–Crippen LogP) is 4.03. The van der Waals surface area contributed by atoms with Gasteiger partial charge in [0.05, 0.1) is 0 Å². The smallest absolute Gasteiger partial charge is 0.407 e. The second kappa shape index (κ2) is 7.82. The molecule has 4 nitrogen and oxygen atoms in total. The molecule has 5 fully saturated rings. The minimum absolute atomic E-state index is 0. The van der Waals surface area contributed by atoms with Gasteiger partial charge in [0.15, 0.2) is 0 Å². The molecular weight excluding hydrogens is 324 g/mol. The van der Waals surface area contributed by atoms with E-state index in [1.165, 1.54) is 70.6 Å². The van der Waals surface area contributed by atoms with Crippen LogP contribution in [-0.2, 0) is 4.74 Å².